The number of benzene rings is 1. The van der Waals surface area contributed by atoms with Gasteiger partial charge in [-0.15, -0.1) is 0 Å². The molecule has 1 aromatic rings. The summed E-state index contributed by atoms with van der Waals surface area (Å²) in [6, 6.07) is 3.14. The summed E-state index contributed by atoms with van der Waals surface area (Å²) in [6.45, 7) is 5.19. The van der Waals surface area contributed by atoms with Crippen LogP contribution in [-0.4, -0.2) is 30.6 Å². The first-order valence-corrected chi connectivity index (χ1v) is 8.00. The zero-order valence-corrected chi connectivity index (χ0v) is 13.3. The Morgan fingerprint density at radius 3 is 2.85 bits per heavy atom. The van der Waals surface area contributed by atoms with Gasteiger partial charge in [0.15, 0.2) is 0 Å². The van der Waals surface area contributed by atoms with E-state index >= 15 is 0 Å². The van der Waals surface area contributed by atoms with Crippen LogP contribution < -0.4 is 5.32 Å². The molecule has 0 saturated carbocycles. The molecule has 1 saturated heterocycles. The molecule has 0 bridgehead atoms. The second-order valence-electron chi connectivity index (χ2n) is 5.22. The maximum absolute atomic E-state index is 14.1. The van der Waals surface area contributed by atoms with Crippen LogP contribution in [0.3, 0.4) is 0 Å². The highest BCUT2D eigenvalue weighted by molar-refractivity contribution is 9.10. The standard InChI is InChI=1S/C15H21BrF2N2/c1-2-20(11-4-3-8-19-9-7-11)10-12-14(17)6-5-13(16)15(12)18/h5-6,11,19H,2-4,7-10H2,1H3. The van der Waals surface area contributed by atoms with E-state index in [2.05, 4.69) is 26.1 Å². The Morgan fingerprint density at radius 2 is 2.10 bits per heavy atom. The van der Waals surface area contributed by atoms with E-state index in [1.165, 1.54) is 12.1 Å². The highest BCUT2D eigenvalue weighted by Gasteiger charge is 2.22. The molecular formula is C15H21BrF2N2. The Labute approximate surface area is 127 Å². The van der Waals surface area contributed by atoms with Gasteiger partial charge >= 0.3 is 0 Å². The third kappa shape index (κ3) is 3.77. The normalized spacial score (nSPS) is 20.1. The van der Waals surface area contributed by atoms with Crippen LogP contribution in [0.5, 0.6) is 0 Å². The van der Waals surface area contributed by atoms with E-state index in [9.17, 15) is 8.78 Å². The van der Waals surface area contributed by atoms with Crippen LogP contribution >= 0.6 is 15.9 Å². The number of hydrogen-bond acceptors (Lipinski definition) is 2. The number of nitrogens with one attached hydrogen (secondary N) is 1. The van der Waals surface area contributed by atoms with E-state index < -0.39 is 11.6 Å². The van der Waals surface area contributed by atoms with Crippen molar-refractivity contribution in [2.45, 2.75) is 38.8 Å². The van der Waals surface area contributed by atoms with Crippen molar-refractivity contribution in [1.29, 1.82) is 0 Å². The SMILES string of the molecule is CCN(Cc1c(F)ccc(Br)c1F)C1CCCNCC1. The molecule has 0 radical (unpaired) electrons. The van der Waals surface area contributed by atoms with Crippen molar-refractivity contribution in [2.75, 3.05) is 19.6 Å². The van der Waals surface area contributed by atoms with Gasteiger partial charge in [0.2, 0.25) is 0 Å². The maximum Gasteiger partial charge on any atom is 0.144 e. The molecule has 1 aromatic carbocycles. The van der Waals surface area contributed by atoms with Gasteiger partial charge < -0.3 is 5.32 Å². The predicted octanol–water partition coefficient (Wildman–Crippen LogP) is 3.69. The number of halogens is 3. The molecule has 20 heavy (non-hydrogen) atoms. The van der Waals surface area contributed by atoms with Gasteiger partial charge in [-0.1, -0.05) is 6.92 Å². The molecule has 0 amide bonds. The summed E-state index contributed by atoms with van der Waals surface area (Å²) in [6.07, 6.45) is 3.23. The minimum atomic E-state index is -0.477. The van der Waals surface area contributed by atoms with Crippen molar-refractivity contribution in [3.8, 4) is 0 Å². The molecule has 1 aliphatic rings. The van der Waals surface area contributed by atoms with Crippen LogP contribution in [0.25, 0.3) is 0 Å². The molecule has 0 spiro atoms. The highest BCUT2D eigenvalue weighted by Crippen LogP contribution is 2.24. The molecule has 1 heterocycles. The van der Waals surface area contributed by atoms with E-state index in [-0.39, 0.29) is 5.56 Å². The lowest BCUT2D eigenvalue weighted by molar-refractivity contribution is 0.178. The van der Waals surface area contributed by atoms with Crippen LogP contribution in [0.4, 0.5) is 8.78 Å². The molecule has 0 aliphatic carbocycles. The first-order valence-electron chi connectivity index (χ1n) is 7.20. The lowest BCUT2D eigenvalue weighted by Gasteiger charge is -2.30. The fraction of sp³-hybridized carbons (Fsp3) is 0.600. The van der Waals surface area contributed by atoms with Crippen LogP contribution in [0.15, 0.2) is 16.6 Å². The first kappa shape index (κ1) is 15.9. The van der Waals surface area contributed by atoms with Gasteiger partial charge in [-0.05, 0) is 67.0 Å². The quantitative estimate of drug-likeness (QED) is 0.836. The number of hydrogen-bond donors (Lipinski definition) is 1. The third-order valence-corrected chi connectivity index (χ3v) is 4.58. The molecular weight excluding hydrogens is 326 g/mol. The summed E-state index contributed by atoms with van der Waals surface area (Å²) in [5.74, 6) is -0.939. The minimum absolute atomic E-state index is 0.165. The summed E-state index contributed by atoms with van der Waals surface area (Å²) in [7, 11) is 0. The molecule has 0 aromatic heterocycles. The van der Waals surface area contributed by atoms with E-state index in [1.54, 1.807) is 0 Å². The second kappa shape index (κ2) is 7.48. The molecule has 5 heteroatoms. The summed E-state index contributed by atoms with van der Waals surface area (Å²) in [4.78, 5) is 2.18. The Morgan fingerprint density at radius 1 is 1.30 bits per heavy atom. The van der Waals surface area contributed by atoms with Crippen LogP contribution in [0.1, 0.15) is 31.7 Å². The molecule has 112 valence electrons. The topological polar surface area (TPSA) is 15.3 Å². The van der Waals surface area contributed by atoms with Gasteiger partial charge in [0, 0.05) is 18.2 Å². The molecule has 1 atom stereocenters. The zero-order valence-electron chi connectivity index (χ0n) is 11.8. The van der Waals surface area contributed by atoms with Crippen molar-refractivity contribution >= 4 is 15.9 Å². The van der Waals surface area contributed by atoms with Gasteiger partial charge in [0.05, 0.1) is 4.47 Å². The second-order valence-corrected chi connectivity index (χ2v) is 6.07. The van der Waals surface area contributed by atoms with Gasteiger partial charge in [-0.3, -0.25) is 4.90 Å². The van der Waals surface area contributed by atoms with E-state index in [0.29, 0.717) is 17.1 Å². The average molecular weight is 347 g/mol. The van der Waals surface area contributed by atoms with Crippen molar-refractivity contribution in [2.24, 2.45) is 0 Å². The fourth-order valence-corrected chi connectivity index (χ4v) is 3.15. The van der Waals surface area contributed by atoms with Crippen molar-refractivity contribution in [1.82, 2.24) is 10.2 Å². The Bertz CT molecular complexity index is 446. The van der Waals surface area contributed by atoms with Crippen molar-refractivity contribution in [3.63, 3.8) is 0 Å². The smallest absolute Gasteiger partial charge is 0.144 e. The van der Waals surface area contributed by atoms with Crippen molar-refractivity contribution in [3.05, 3.63) is 33.8 Å². The van der Waals surface area contributed by atoms with E-state index in [1.807, 2.05) is 6.92 Å². The lowest BCUT2D eigenvalue weighted by Crippen LogP contribution is -2.35. The van der Waals surface area contributed by atoms with E-state index in [0.717, 1.165) is 38.9 Å². The summed E-state index contributed by atoms with van der Waals surface area (Å²) >= 11 is 3.13. The Kier molecular flexibility index (Phi) is 5.93. The fourth-order valence-electron chi connectivity index (χ4n) is 2.78. The minimum Gasteiger partial charge on any atom is -0.317 e. The maximum atomic E-state index is 14.1. The largest absolute Gasteiger partial charge is 0.317 e. The third-order valence-electron chi connectivity index (χ3n) is 3.97. The summed E-state index contributed by atoms with van der Waals surface area (Å²) in [5.41, 5.74) is 0.165. The zero-order chi connectivity index (χ0) is 14.5. The molecule has 1 aliphatic heterocycles. The van der Waals surface area contributed by atoms with Gasteiger partial charge in [0.1, 0.15) is 11.6 Å². The van der Waals surface area contributed by atoms with Crippen LogP contribution in [0, 0.1) is 11.6 Å². The average Bonchev–Trinajstić information content (AvgIpc) is 2.72. The lowest BCUT2D eigenvalue weighted by atomic mass is 10.1. The van der Waals surface area contributed by atoms with Crippen LogP contribution in [0.2, 0.25) is 0 Å². The number of nitrogens with zero attached hydrogens (tertiary/aromatic N) is 1. The summed E-state index contributed by atoms with van der Waals surface area (Å²) < 4.78 is 28.3. The van der Waals surface area contributed by atoms with Crippen LogP contribution in [-0.2, 0) is 6.54 Å². The molecule has 2 rings (SSSR count). The number of rotatable bonds is 4. The van der Waals surface area contributed by atoms with Crippen molar-refractivity contribution < 1.29 is 8.78 Å². The van der Waals surface area contributed by atoms with E-state index in [4.69, 9.17) is 0 Å². The van der Waals surface area contributed by atoms with Gasteiger partial charge in [0.25, 0.3) is 0 Å². The Hall–Kier alpha value is -0.520. The van der Waals surface area contributed by atoms with Gasteiger partial charge in [-0.2, -0.15) is 0 Å². The molecule has 1 fully saturated rings. The highest BCUT2D eigenvalue weighted by atomic mass is 79.9. The molecule has 1 N–H and O–H groups in total. The summed E-state index contributed by atoms with van der Waals surface area (Å²) in [5, 5.41) is 3.37. The molecule has 2 nitrogen and oxygen atoms in total. The monoisotopic (exact) mass is 346 g/mol. The Balaban J connectivity index is 2.15. The predicted molar refractivity (Wildman–Crippen MR) is 80.7 cm³/mol. The van der Waals surface area contributed by atoms with Gasteiger partial charge in [-0.25, -0.2) is 8.78 Å². The molecule has 1 unspecified atom stereocenters. The first-order chi connectivity index (χ1) is 9.63.